The molecule has 1 aliphatic heterocycles. The lowest BCUT2D eigenvalue weighted by atomic mass is 9.95. The molecule has 0 aliphatic carbocycles. The Morgan fingerprint density at radius 3 is 2.54 bits per heavy atom. The van der Waals surface area contributed by atoms with E-state index in [2.05, 4.69) is 0 Å². The molecule has 0 spiro atoms. The normalized spacial score (nSPS) is 23.2. The molecule has 1 saturated heterocycles. The van der Waals surface area contributed by atoms with Crippen LogP contribution in [0.15, 0.2) is 24.3 Å². The van der Waals surface area contributed by atoms with Crippen molar-refractivity contribution in [3.05, 3.63) is 35.4 Å². The number of ether oxygens (including phenoxy) is 1. The van der Waals surface area contributed by atoms with Gasteiger partial charge in [-0.15, -0.1) is 0 Å². The minimum atomic E-state index is -4.36. The van der Waals surface area contributed by atoms with Gasteiger partial charge in [0.25, 0.3) is 0 Å². The molecule has 1 N–H and O–H groups in total. The predicted molar refractivity (Wildman–Crippen MR) is 82.5 cm³/mol. The molecular formula is C17H22F3NO3. The summed E-state index contributed by atoms with van der Waals surface area (Å²) in [6.45, 7) is 4.23. The summed E-state index contributed by atoms with van der Waals surface area (Å²) in [6, 6.07) is 4.82. The SMILES string of the molecule is CC(CC(=O)N1CC(CO)OCC1C)c1ccc(C(F)(F)F)cc1. The Bertz CT molecular complexity index is 559. The van der Waals surface area contributed by atoms with E-state index >= 15 is 0 Å². The lowest BCUT2D eigenvalue weighted by Gasteiger charge is -2.38. The first-order valence-corrected chi connectivity index (χ1v) is 7.91. The van der Waals surface area contributed by atoms with Crippen LogP contribution in [0.3, 0.4) is 0 Å². The van der Waals surface area contributed by atoms with Crippen LogP contribution in [0.4, 0.5) is 13.2 Å². The third-order valence-electron chi connectivity index (χ3n) is 4.32. The Hall–Kier alpha value is -1.60. The van der Waals surface area contributed by atoms with Gasteiger partial charge in [0.05, 0.1) is 30.9 Å². The number of rotatable bonds is 4. The Balaban J connectivity index is 2.00. The number of carbonyl (C=O) groups excluding carboxylic acids is 1. The summed E-state index contributed by atoms with van der Waals surface area (Å²) in [5.74, 6) is -0.279. The molecule has 1 aromatic carbocycles. The van der Waals surface area contributed by atoms with Gasteiger partial charge in [-0.3, -0.25) is 4.79 Å². The molecule has 3 atom stereocenters. The van der Waals surface area contributed by atoms with Gasteiger partial charge in [-0.1, -0.05) is 19.1 Å². The number of hydrogen-bond donors (Lipinski definition) is 1. The van der Waals surface area contributed by atoms with Gasteiger partial charge in [0.2, 0.25) is 5.91 Å². The summed E-state index contributed by atoms with van der Waals surface area (Å²) in [5.41, 5.74) is -0.00617. The number of hydrogen-bond acceptors (Lipinski definition) is 3. The van der Waals surface area contributed by atoms with E-state index in [0.717, 1.165) is 12.1 Å². The topological polar surface area (TPSA) is 49.8 Å². The zero-order valence-corrected chi connectivity index (χ0v) is 13.7. The number of benzene rings is 1. The van der Waals surface area contributed by atoms with E-state index in [1.54, 1.807) is 4.90 Å². The van der Waals surface area contributed by atoms with Gasteiger partial charge in [0.15, 0.2) is 0 Å². The smallest absolute Gasteiger partial charge is 0.394 e. The lowest BCUT2D eigenvalue weighted by molar-refractivity contribution is -0.146. The molecule has 1 amide bonds. The molecule has 0 saturated carbocycles. The van der Waals surface area contributed by atoms with Crippen molar-refractivity contribution in [1.82, 2.24) is 4.90 Å². The largest absolute Gasteiger partial charge is 0.416 e. The number of carbonyl (C=O) groups is 1. The second kappa shape index (κ2) is 7.53. The summed E-state index contributed by atoms with van der Waals surface area (Å²) >= 11 is 0. The van der Waals surface area contributed by atoms with Crippen LogP contribution >= 0.6 is 0 Å². The Morgan fingerprint density at radius 1 is 1.38 bits per heavy atom. The Labute approximate surface area is 139 Å². The van der Waals surface area contributed by atoms with E-state index in [-0.39, 0.29) is 37.0 Å². The number of aliphatic hydroxyl groups is 1. The number of amides is 1. The van der Waals surface area contributed by atoms with Crippen LogP contribution in [-0.2, 0) is 15.7 Å². The lowest BCUT2D eigenvalue weighted by Crippen LogP contribution is -2.52. The van der Waals surface area contributed by atoms with Crippen LogP contribution in [0.2, 0.25) is 0 Å². The van der Waals surface area contributed by atoms with Crippen molar-refractivity contribution in [3.63, 3.8) is 0 Å². The van der Waals surface area contributed by atoms with Crippen LogP contribution in [0, 0.1) is 0 Å². The standard InChI is InChI=1S/C17H22F3NO3/c1-11(13-3-5-14(6-4-13)17(18,19)20)7-16(23)21-8-15(9-22)24-10-12(21)2/h3-6,11-12,15,22H,7-10H2,1-2H3. The van der Waals surface area contributed by atoms with Crippen molar-refractivity contribution in [1.29, 1.82) is 0 Å². The van der Waals surface area contributed by atoms with Crippen molar-refractivity contribution >= 4 is 5.91 Å². The van der Waals surface area contributed by atoms with Gasteiger partial charge >= 0.3 is 6.18 Å². The average Bonchev–Trinajstić information content (AvgIpc) is 2.54. The third kappa shape index (κ3) is 4.48. The van der Waals surface area contributed by atoms with Crippen LogP contribution in [0.1, 0.15) is 37.3 Å². The van der Waals surface area contributed by atoms with Gasteiger partial charge in [0.1, 0.15) is 0 Å². The summed E-state index contributed by atoms with van der Waals surface area (Å²) in [6.07, 6.45) is -4.54. The molecular weight excluding hydrogens is 323 g/mol. The number of alkyl halides is 3. The van der Waals surface area contributed by atoms with E-state index < -0.39 is 11.7 Å². The molecule has 134 valence electrons. The molecule has 0 aromatic heterocycles. The highest BCUT2D eigenvalue weighted by Crippen LogP contribution is 2.31. The molecule has 0 bridgehead atoms. The number of aliphatic hydroxyl groups excluding tert-OH is 1. The zero-order valence-electron chi connectivity index (χ0n) is 13.7. The van der Waals surface area contributed by atoms with Crippen molar-refractivity contribution in [2.75, 3.05) is 19.8 Å². The Kier molecular flexibility index (Phi) is 5.87. The van der Waals surface area contributed by atoms with Gasteiger partial charge in [0, 0.05) is 13.0 Å². The molecule has 24 heavy (non-hydrogen) atoms. The fourth-order valence-corrected chi connectivity index (χ4v) is 2.77. The molecule has 7 heteroatoms. The van der Waals surface area contributed by atoms with E-state index in [1.807, 2.05) is 13.8 Å². The monoisotopic (exact) mass is 345 g/mol. The van der Waals surface area contributed by atoms with Crippen LogP contribution in [-0.4, -0.2) is 47.8 Å². The fourth-order valence-electron chi connectivity index (χ4n) is 2.77. The highest BCUT2D eigenvalue weighted by atomic mass is 19.4. The average molecular weight is 345 g/mol. The van der Waals surface area contributed by atoms with Gasteiger partial charge in [-0.25, -0.2) is 0 Å². The van der Waals surface area contributed by atoms with Gasteiger partial charge < -0.3 is 14.7 Å². The summed E-state index contributed by atoms with van der Waals surface area (Å²) in [4.78, 5) is 14.2. The Morgan fingerprint density at radius 2 is 2.00 bits per heavy atom. The van der Waals surface area contributed by atoms with Gasteiger partial charge in [-0.05, 0) is 30.5 Å². The van der Waals surface area contributed by atoms with E-state index in [1.165, 1.54) is 12.1 Å². The number of morpholine rings is 1. The zero-order chi connectivity index (χ0) is 17.9. The van der Waals surface area contributed by atoms with E-state index in [4.69, 9.17) is 4.74 Å². The van der Waals surface area contributed by atoms with Crippen molar-refractivity contribution in [3.8, 4) is 0 Å². The molecule has 1 aliphatic rings. The minimum Gasteiger partial charge on any atom is -0.394 e. The predicted octanol–water partition coefficient (Wildman–Crippen LogP) is 2.81. The molecule has 1 aromatic rings. The van der Waals surface area contributed by atoms with Crippen LogP contribution in [0.5, 0.6) is 0 Å². The molecule has 1 heterocycles. The fraction of sp³-hybridized carbons (Fsp3) is 0.588. The maximum atomic E-state index is 12.6. The van der Waals surface area contributed by atoms with Crippen LogP contribution in [0.25, 0.3) is 0 Å². The molecule has 3 unspecified atom stereocenters. The summed E-state index contributed by atoms with van der Waals surface area (Å²) in [7, 11) is 0. The molecule has 1 fully saturated rings. The maximum Gasteiger partial charge on any atom is 0.416 e. The number of nitrogens with zero attached hydrogens (tertiary/aromatic N) is 1. The third-order valence-corrected chi connectivity index (χ3v) is 4.32. The summed E-state index contributed by atoms with van der Waals surface area (Å²) in [5, 5.41) is 9.17. The second-order valence-corrected chi connectivity index (χ2v) is 6.26. The molecule has 4 nitrogen and oxygen atoms in total. The maximum absolute atomic E-state index is 12.6. The van der Waals surface area contributed by atoms with Crippen molar-refractivity contribution < 1.29 is 27.8 Å². The molecule has 0 radical (unpaired) electrons. The van der Waals surface area contributed by atoms with Crippen molar-refractivity contribution in [2.24, 2.45) is 0 Å². The van der Waals surface area contributed by atoms with E-state index in [9.17, 15) is 23.1 Å². The van der Waals surface area contributed by atoms with Crippen molar-refractivity contribution in [2.45, 2.75) is 44.5 Å². The minimum absolute atomic E-state index is 0.0832. The first kappa shape index (κ1) is 18.7. The highest BCUT2D eigenvalue weighted by Gasteiger charge is 2.31. The summed E-state index contributed by atoms with van der Waals surface area (Å²) < 4.78 is 43.2. The van der Waals surface area contributed by atoms with Gasteiger partial charge in [-0.2, -0.15) is 13.2 Å². The first-order chi connectivity index (χ1) is 11.2. The first-order valence-electron chi connectivity index (χ1n) is 7.91. The quantitative estimate of drug-likeness (QED) is 0.913. The number of halogens is 3. The van der Waals surface area contributed by atoms with Crippen LogP contribution < -0.4 is 0 Å². The van der Waals surface area contributed by atoms with E-state index in [0.29, 0.717) is 18.7 Å². The highest BCUT2D eigenvalue weighted by molar-refractivity contribution is 5.77. The molecule has 2 rings (SSSR count). The second-order valence-electron chi connectivity index (χ2n) is 6.26.